The third-order valence-electron chi connectivity index (χ3n) is 3.75. The number of halogens is 1. The van der Waals surface area contributed by atoms with Crippen LogP contribution in [0.15, 0.2) is 42.5 Å². The Kier molecular flexibility index (Phi) is 4.47. The predicted octanol–water partition coefficient (Wildman–Crippen LogP) is 4.48. The first-order valence-corrected chi connectivity index (χ1v) is 7.79. The number of aryl methyl sites for hydroxylation is 1. The average molecular weight is 302 g/mol. The Hall–Kier alpha value is -1.51. The van der Waals surface area contributed by atoms with Crippen LogP contribution in [0.4, 0.5) is 0 Å². The lowest BCUT2D eigenvalue weighted by Crippen LogP contribution is -2.16. The molecule has 0 atom stereocenters. The van der Waals surface area contributed by atoms with Crippen molar-refractivity contribution in [3.63, 3.8) is 0 Å². The van der Waals surface area contributed by atoms with Crippen LogP contribution in [0.5, 0.6) is 5.75 Å². The SMILES string of the molecule is Cc1ccc(Cl)c(OCc2ccccc2CNC2CC2)c1. The number of nitrogens with one attached hydrogen (secondary N) is 1. The van der Waals surface area contributed by atoms with Crippen LogP contribution in [0.1, 0.15) is 29.5 Å². The molecule has 0 spiro atoms. The summed E-state index contributed by atoms with van der Waals surface area (Å²) < 4.78 is 5.91. The minimum Gasteiger partial charge on any atom is -0.487 e. The summed E-state index contributed by atoms with van der Waals surface area (Å²) in [5.74, 6) is 0.752. The van der Waals surface area contributed by atoms with Crippen LogP contribution in [-0.4, -0.2) is 6.04 Å². The summed E-state index contributed by atoms with van der Waals surface area (Å²) in [7, 11) is 0. The van der Waals surface area contributed by atoms with E-state index in [4.69, 9.17) is 16.3 Å². The van der Waals surface area contributed by atoms with E-state index < -0.39 is 0 Å². The first-order valence-electron chi connectivity index (χ1n) is 7.41. The van der Waals surface area contributed by atoms with E-state index in [9.17, 15) is 0 Å². The second-order valence-corrected chi connectivity index (χ2v) is 6.05. The Morgan fingerprint density at radius 2 is 1.90 bits per heavy atom. The molecular weight excluding hydrogens is 282 g/mol. The number of rotatable bonds is 6. The second kappa shape index (κ2) is 6.50. The van der Waals surface area contributed by atoms with Gasteiger partial charge >= 0.3 is 0 Å². The van der Waals surface area contributed by atoms with Crippen molar-refractivity contribution in [1.82, 2.24) is 5.32 Å². The monoisotopic (exact) mass is 301 g/mol. The van der Waals surface area contributed by atoms with Gasteiger partial charge in [-0.2, -0.15) is 0 Å². The van der Waals surface area contributed by atoms with Gasteiger partial charge in [-0.1, -0.05) is 41.9 Å². The van der Waals surface area contributed by atoms with Crippen LogP contribution in [0, 0.1) is 6.92 Å². The van der Waals surface area contributed by atoms with Crippen molar-refractivity contribution < 1.29 is 4.74 Å². The van der Waals surface area contributed by atoms with Gasteiger partial charge in [-0.05, 0) is 48.6 Å². The maximum Gasteiger partial charge on any atom is 0.138 e. The molecule has 0 aromatic heterocycles. The van der Waals surface area contributed by atoms with E-state index in [0.717, 1.165) is 17.9 Å². The normalized spacial score (nSPS) is 14.2. The molecular formula is C18H20ClNO. The molecule has 0 radical (unpaired) electrons. The summed E-state index contributed by atoms with van der Waals surface area (Å²) >= 11 is 6.18. The van der Waals surface area contributed by atoms with E-state index in [1.807, 2.05) is 25.1 Å². The van der Waals surface area contributed by atoms with E-state index in [0.29, 0.717) is 17.7 Å². The van der Waals surface area contributed by atoms with Gasteiger partial charge in [0.25, 0.3) is 0 Å². The molecule has 1 N–H and O–H groups in total. The standard InChI is InChI=1S/C18H20ClNO/c1-13-6-9-17(19)18(10-13)21-12-15-5-3-2-4-14(15)11-20-16-7-8-16/h2-6,9-10,16,20H,7-8,11-12H2,1H3. The number of benzene rings is 2. The summed E-state index contributed by atoms with van der Waals surface area (Å²) in [5, 5.41) is 4.21. The molecule has 3 heteroatoms. The molecule has 1 aliphatic carbocycles. The van der Waals surface area contributed by atoms with E-state index in [1.165, 1.54) is 24.0 Å². The molecule has 0 heterocycles. The first kappa shape index (κ1) is 14.4. The highest BCUT2D eigenvalue weighted by Gasteiger charge is 2.20. The molecule has 21 heavy (non-hydrogen) atoms. The zero-order valence-corrected chi connectivity index (χ0v) is 13.0. The van der Waals surface area contributed by atoms with Crippen molar-refractivity contribution in [2.45, 2.75) is 39.0 Å². The molecule has 1 saturated carbocycles. The van der Waals surface area contributed by atoms with Crippen molar-refractivity contribution in [3.05, 3.63) is 64.2 Å². The van der Waals surface area contributed by atoms with Gasteiger partial charge in [-0.15, -0.1) is 0 Å². The minimum absolute atomic E-state index is 0.547. The highest BCUT2D eigenvalue weighted by molar-refractivity contribution is 6.32. The molecule has 3 rings (SSSR count). The largest absolute Gasteiger partial charge is 0.487 e. The zero-order chi connectivity index (χ0) is 14.7. The highest BCUT2D eigenvalue weighted by atomic mass is 35.5. The Morgan fingerprint density at radius 3 is 2.67 bits per heavy atom. The van der Waals surface area contributed by atoms with E-state index in [2.05, 4.69) is 29.6 Å². The quantitative estimate of drug-likeness (QED) is 0.849. The fourth-order valence-electron chi connectivity index (χ4n) is 2.29. The summed E-state index contributed by atoms with van der Waals surface area (Å²) in [6.45, 7) is 3.49. The Labute approximate surface area is 131 Å². The third-order valence-corrected chi connectivity index (χ3v) is 4.06. The van der Waals surface area contributed by atoms with Gasteiger partial charge in [0.15, 0.2) is 0 Å². The lowest BCUT2D eigenvalue weighted by atomic mass is 10.1. The summed E-state index contributed by atoms with van der Waals surface area (Å²) in [5.41, 5.74) is 3.66. The van der Waals surface area contributed by atoms with Crippen LogP contribution in [0.2, 0.25) is 5.02 Å². The number of hydrogen-bond acceptors (Lipinski definition) is 2. The van der Waals surface area contributed by atoms with Crippen molar-refractivity contribution in [1.29, 1.82) is 0 Å². The second-order valence-electron chi connectivity index (χ2n) is 5.65. The molecule has 2 aromatic rings. The summed E-state index contributed by atoms with van der Waals surface area (Å²) in [6.07, 6.45) is 2.61. The summed E-state index contributed by atoms with van der Waals surface area (Å²) in [4.78, 5) is 0. The van der Waals surface area contributed by atoms with Crippen molar-refractivity contribution in [3.8, 4) is 5.75 Å². The van der Waals surface area contributed by atoms with Gasteiger partial charge < -0.3 is 10.1 Å². The van der Waals surface area contributed by atoms with Gasteiger partial charge in [0.1, 0.15) is 12.4 Å². The molecule has 1 aliphatic rings. The van der Waals surface area contributed by atoms with Gasteiger partial charge in [0, 0.05) is 12.6 Å². The maximum atomic E-state index is 6.18. The van der Waals surface area contributed by atoms with Gasteiger partial charge in [-0.25, -0.2) is 0 Å². The highest BCUT2D eigenvalue weighted by Crippen LogP contribution is 2.26. The predicted molar refractivity (Wildman–Crippen MR) is 86.8 cm³/mol. The minimum atomic E-state index is 0.547. The Bertz CT molecular complexity index is 622. The third kappa shape index (κ3) is 3.99. The molecule has 2 aromatic carbocycles. The van der Waals surface area contributed by atoms with Crippen LogP contribution >= 0.6 is 11.6 Å². The molecule has 0 bridgehead atoms. The van der Waals surface area contributed by atoms with Crippen LogP contribution in [0.3, 0.4) is 0 Å². The average Bonchev–Trinajstić information content (AvgIpc) is 3.31. The van der Waals surface area contributed by atoms with Crippen molar-refractivity contribution >= 4 is 11.6 Å². The molecule has 1 fully saturated rings. The fourth-order valence-corrected chi connectivity index (χ4v) is 2.46. The molecule has 0 amide bonds. The maximum absolute atomic E-state index is 6.18. The lowest BCUT2D eigenvalue weighted by molar-refractivity contribution is 0.304. The number of ether oxygens (including phenoxy) is 1. The Balaban J connectivity index is 1.67. The summed E-state index contributed by atoms with van der Waals surface area (Å²) in [6, 6.07) is 15.0. The van der Waals surface area contributed by atoms with Crippen LogP contribution in [-0.2, 0) is 13.2 Å². The number of hydrogen-bond donors (Lipinski definition) is 1. The van der Waals surface area contributed by atoms with Gasteiger partial charge in [0.2, 0.25) is 0 Å². The van der Waals surface area contributed by atoms with Crippen molar-refractivity contribution in [2.24, 2.45) is 0 Å². The van der Waals surface area contributed by atoms with Crippen molar-refractivity contribution in [2.75, 3.05) is 0 Å². The van der Waals surface area contributed by atoms with E-state index in [1.54, 1.807) is 0 Å². The molecule has 110 valence electrons. The molecule has 0 unspecified atom stereocenters. The zero-order valence-electron chi connectivity index (χ0n) is 12.2. The smallest absolute Gasteiger partial charge is 0.138 e. The molecule has 0 aliphatic heterocycles. The molecule has 0 saturated heterocycles. The fraction of sp³-hybridized carbons (Fsp3) is 0.333. The van der Waals surface area contributed by atoms with Gasteiger partial charge in [0.05, 0.1) is 5.02 Å². The molecule has 2 nitrogen and oxygen atoms in total. The Morgan fingerprint density at radius 1 is 1.14 bits per heavy atom. The van der Waals surface area contributed by atoms with Gasteiger partial charge in [-0.3, -0.25) is 0 Å². The van der Waals surface area contributed by atoms with E-state index in [-0.39, 0.29) is 0 Å². The van der Waals surface area contributed by atoms with Crippen LogP contribution < -0.4 is 10.1 Å². The van der Waals surface area contributed by atoms with E-state index >= 15 is 0 Å². The van der Waals surface area contributed by atoms with Crippen LogP contribution in [0.25, 0.3) is 0 Å². The first-order chi connectivity index (χ1) is 10.2. The lowest BCUT2D eigenvalue weighted by Gasteiger charge is -2.13. The topological polar surface area (TPSA) is 21.3 Å².